The maximum atomic E-state index is 5.64. The SMILES string of the molecule is CCCCC(CCCC)NCCl. The lowest BCUT2D eigenvalue weighted by Gasteiger charge is -2.16. The van der Waals surface area contributed by atoms with E-state index >= 15 is 0 Å². The lowest BCUT2D eigenvalue weighted by atomic mass is 10.0. The van der Waals surface area contributed by atoms with Gasteiger partial charge in [0.15, 0.2) is 0 Å². The van der Waals surface area contributed by atoms with Crippen molar-refractivity contribution in [3.8, 4) is 0 Å². The Morgan fingerprint density at radius 3 is 1.92 bits per heavy atom. The molecule has 0 aliphatic rings. The van der Waals surface area contributed by atoms with Crippen LogP contribution in [0.25, 0.3) is 0 Å². The molecule has 0 aromatic heterocycles. The zero-order valence-electron chi connectivity index (χ0n) is 8.41. The van der Waals surface area contributed by atoms with Gasteiger partial charge in [0, 0.05) is 6.04 Å². The van der Waals surface area contributed by atoms with Crippen molar-refractivity contribution >= 4 is 11.6 Å². The van der Waals surface area contributed by atoms with Crippen molar-refractivity contribution in [2.45, 2.75) is 58.4 Å². The van der Waals surface area contributed by atoms with Gasteiger partial charge in [0.05, 0.1) is 6.00 Å². The Hall–Kier alpha value is 0.250. The van der Waals surface area contributed by atoms with Crippen molar-refractivity contribution in [2.75, 3.05) is 6.00 Å². The quantitative estimate of drug-likeness (QED) is 0.457. The molecule has 0 aliphatic carbocycles. The van der Waals surface area contributed by atoms with Crippen LogP contribution in [-0.4, -0.2) is 12.0 Å². The van der Waals surface area contributed by atoms with Gasteiger partial charge in [-0.2, -0.15) is 0 Å². The van der Waals surface area contributed by atoms with Crippen molar-refractivity contribution < 1.29 is 0 Å². The molecule has 12 heavy (non-hydrogen) atoms. The van der Waals surface area contributed by atoms with Crippen LogP contribution >= 0.6 is 11.6 Å². The molecular weight excluding hydrogens is 170 g/mol. The van der Waals surface area contributed by atoms with Crippen LogP contribution in [0.4, 0.5) is 0 Å². The van der Waals surface area contributed by atoms with Gasteiger partial charge in [0.2, 0.25) is 0 Å². The van der Waals surface area contributed by atoms with E-state index in [2.05, 4.69) is 19.2 Å². The van der Waals surface area contributed by atoms with E-state index in [0.717, 1.165) is 0 Å². The van der Waals surface area contributed by atoms with E-state index in [9.17, 15) is 0 Å². The van der Waals surface area contributed by atoms with Crippen molar-refractivity contribution in [2.24, 2.45) is 0 Å². The first-order valence-corrected chi connectivity index (χ1v) is 5.67. The van der Waals surface area contributed by atoms with E-state index in [1.54, 1.807) is 0 Å². The summed E-state index contributed by atoms with van der Waals surface area (Å²) in [5, 5.41) is 3.32. The number of halogens is 1. The van der Waals surface area contributed by atoms with Crippen molar-refractivity contribution in [1.82, 2.24) is 5.32 Å². The van der Waals surface area contributed by atoms with Crippen molar-refractivity contribution in [3.63, 3.8) is 0 Å². The van der Waals surface area contributed by atoms with E-state index in [1.807, 2.05) is 0 Å². The molecule has 0 aliphatic heterocycles. The molecule has 0 unspecified atom stereocenters. The average molecular weight is 192 g/mol. The highest BCUT2D eigenvalue weighted by molar-refractivity contribution is 6.17. The molecule has 0 atom stereocenters. The topological polar surface area (TPSA) is 12.0 Å². The summed E-state index contributed by atoms with van der Waals surface area (Å²) >= 11 is 5.64. The molecule has 0 aromatic rings. The van der Waals surface area contributed by atoms with Gasteiger partial charge >= 0.3 is 0 Å². The third-order valence-electron chi connectivity index (χ3n) is 2.18. The molecule has 0 amide bonds. The Morgan fingerprint density at radius 1 is 1.08 bits per heavy atom. The Morgan fingerprint density at radius 2 is 1.58 bits per heavy atom. The Kier molecular flexibility index (Phi) is 9.53. The fraction of sp³-hybridized carbons (Fsp3) is 1.00. The normalized spacial score (nSPS) is 11.0. The minimum atomic E-state index is 0.595. The van der Waals surface area contributed by atoms with Crippen LogP contribution in [0.15, 0.2) is 0 Å². The number of nitrogens with one attached hydrogen (secondary N) is 1. The zero-order valence-corrected chi connectivity index (χ0v) is 9.16. The van der Waals surface area contributed by atoms with Crippen LogP contribution in [0.3, 0.4) is 0 Å². The van der Waals surface area contributed by atoms with Crippen LogP contribution in [-0.2, 0) is 0 Å². The van der Waals surface area contributed by atoms with Gasteiger partial charge in [-0.05, 0) is 12.8 Å². The largest absolute Gasteiger partial charge is 0.301 e. The van der Waals surface area contributed by atoms with E-state index in [-0.39, 0.29) is 0 Å². The number of unbranched alkanes of at least 4 members (excludes halogenated alkanes) is 2. The third-order valence-corrected chi connectivity index (χ3v) is 2.33. The second-order valence-electron chi connectivity index (χ2n) is 3.32. The highest BCUT2D eigenvalue weighted by Crippen LogP contribution is 2.08. The minimum Gasteiger partial charge on any atom is -0.301 e. The first kappa shape index (κ1) is 12.2. The molecule has 0 saturated heterocycles. The fourth-order valence-corrected chi connectivity index (χ4v) is 1.58. The van der Waals surface area contributed by atoms with E-state index < -0.39 is 0 Å². The van der Waals surface area contributed by atoms with Gasteiger partial charge in [-0.1, -0.05) is 39.5 Å². The van der Waals surface area contributed by atoms with E-state index in [1.165, 1.54) is 38.5 Å². The standard InChI is InChI=1S/C10H22ClN/c1-3-5-7-10(12-9-11)8-6-4-2/h10,12H,3-9H2,1-2H3. The maximum Gasteiger partial charge on any atom is 0.0715 e. The molecule has 1 N–H and O–H groups in total. The first-order chi connectivity index (χ1) is 5.85. The Bertz CT molecular complexity index is 77.9. The number of rotatable bonds is 8. The van der Waals surface area contributed by atoms with E-state index in [4.69, 9.17) is 11.6 Å². The lowest BCUT2D eigenvalue weighted by molar-refractivity contribution is 0.450. The van der Waals surface area contributed by atoms with Gasteiger partial charge < -0.3 is 5.32 Å². The highest BCUT2D eigenvalue weighted by Gasteiger charge is 2.04. The van der Waals surface area contributed by atoms with Crippen LogP contribution in [0.2, 0.25) is 0 Å². The van der Waals surface area contributed by atoms with Gasteiger partial charge in [0.25, 0.3) is 0 Å². The first-order valence-electron chi connectivity index (χ1n) is 5.14. The Balaban J connectivity index is 3.40. The smallest absolute Gasteiger partial charge is 0.0715 e. The summed E-state index contributed by atoms with van der Waals surface area (Å²) in [7, 11) is 0. The van der Waals surface area contributed by atoms with Gasteiger partial charge in [-0.15, -0.1) is 11.6 Å². The summed E-state index contributed by atoms with van der Waals surface area (Å²) in [6, 6.07) is 1.25. The highest BCUT2D eigenvalue weighted by atomic mass is 35.5. The molecule has 1 nitrogen and oxygen atoms in total. The summed E-state index contributed by atoms with van der Waals surface area (Å²) in [5.74, 6) is 0. The molecule has 0 heterocycles. The zero-order chi connectivity index (χ0) is 9.23. The summed E-state index contributed by atoms with van der Waals surface area (Å²) in [6.07, 6.45) is 7.77. The van der Waals surface area contributed by atoms with Gasteiger partial charge in [-0.25, -0.2) is 0 Å². The number of hydrogen-bond acceptors (Lipinski definition) is 1. The van der Waals surface area contributed by atoms with Crippen molar-refractivity contribution in [3.05, 3.63) is 0 Å². The van der Waals surface area contributed by atoms with Crippen LogP contribution in [0.5, 0.6) is 0 Å². The molecule has 0 spiro atoms. The summed E-state index contributed by atoms with van der Waals surface area (Å²) in [6.45, 7) is 4.47. The monoisotopic (exact) mass is 191 g/mol. The Labute approximate surface area is 81.9 Å². The van der Waals surface area contributed by atoms with Crippen LogP contribution in [0, 0.1) is 0 Å². The van der Waals surface area contributed by atoms with Crippen LogP contribution < -0.4 is 5.32 Å². The molecule has 0 saturated carbocycles. The second-order valence-corrected chi connectivity index (χ2v) is 3.59. The maximum absolute atomic E-state index is 5.64. The molecule has 0 rings (SSSR count). The lowest BCUT2D eigenvalue weighted by Crippen LogP contribution is -2.27. The summed E-state index contributed by atoms with van der Waals surface area (Å²) < 4.78 is 0. The summed E-state index contributed by atoms with van der Waals surface area (Å²) in [5.41, 5.74) is 0. The average Bonchev–Trinajstić information content (AvgIpc) is 2.10. The summed E-state index contributed by atoms with van der Waals surface area (Å²) in [4.78, 5) is 0. The fourth-order valence-electron chi connectivity index (χ4n) is 1.36. The molecule has 0 aromatic carbocycles. The van der Waals surface area contributed by atoms with Crippen molar-refractivity contribution in [1.29, 1.82) is 0 Å². The van der Waals surface area contributed by atoms with Crippen LogP contribution in [0.1, 0.15) is 52.4 Å². The molecular formula is C10H22ClN. The predicted octanol–water partition coefficient (Wildman–Crippen LogP) is 3.52. The minimum absolute atomic E-state index is 0.595. The number of hydrogen-bond donors (Lipinski definition) is 1. The molecule has 0 bridgehead atoms. The van der Waals surface area contributed by atoms with Gasteiger partial charge in [0.1, 0.15) is 0 Å². The molecule has 74 valence electrons. The molecule has 0 radical (unpaired) electrons. The number of alkyl halides is 1. The predicted molar refractivity (Wildman–Crippen MR) is 56.7 cm³/mol. The molecule has 0 fully saturated rings. The van der Waals surface area contributed by atoms with Gasteiger partial charge in [-0.3, -0.25) is 0 Å². The third kappa shape index (κ3) is 6.93. The second kappa shape index (κ2) is 9.34. The molecule has 2 heteroatoms. The van der Waals surface area contributed by atoms with E-state index in [0.29, 0.717) is 12.0 Å².